The van der Waals surface area contributed by atoms with E-state index < -0.39 is 58.5 Å². The first-order valence-electron chi connectivity index (χ1n) is 13.1. The van der Waals surface area contributed by atoms with Crippen molar-refractivity contribution in [2.75, 3.05) is 13.2 Å². The summed E-state index contributed by atoms with van der Waals surface area (Å²) in [5.41, 5.74) is 1.33. The molecule has 0 fully saturated rings. The zero-order valence-electron chi connectivity index (χ0n) is 23.4. The van der Waals surface area contributed by atoms with E-state index in [4.69, 9.17) is 19.3 Å². The molecule has 3 aromatic rings. The Balaban J connectivity index is 0.000000434. The maximum absolute atomic E-state index is 14.5. The quantitative estimate of drug-likeness (QED) is 0.185. The first-order chi connectivity index (χ1) is 19.5. The summed E-state index contributed by atoms with van der Waals surface area (Å²) in [4.78, 5) is 23.0. The zero-order valence-corrected chi connectivity index (χ0v) is 23.4. The minimum absolute atomic E-state index is 0. The van der Waals surface area contributed by atoms with Crippen molar-refractivity contribution in [3.05, 3.63) is 94.6 Å². The van der Waals surface area contributed by atoms with Crippen LogP contribution < -0.4 is 4.74 Å². The second-order valence-corrected chi connectivity index (χ2v) is 9.25. The van der Waals surface area contributed by atoms with Crippen molar-refractivity contribution >= 4 is 11.9 Å². The van der Waals surface area contributed by atoms with Gasteiger partial charge < -0.3 is 19.3 Å². The van der Waals surface area contributed by atoms with Crippen molar-refractivity contribution in [1.82, 2.24) is 0 Å². The molecule has 2 atom stereocenters. The lowest BCUT2D eigenvalue weighted by Gasteiger charge is -2.14. The Morgan fingerprint density at radius 1 is 0.762 bits per heavy atom. The van der Waals surface area contributed by atoms with Crippen LogP contribution >= 0.6 is 0 Å². The van der Waals surface area contributed by atoms with Crippen LogP contribution in [0.5, 0.6) is 11.5 Å². The van der Waals surface area contributed by atoms with Crippen LogP contribution in [0.25, 0.3) is 0 Å². The summed E-state index contributed by atoms with van der Waals surface area (Å²) in [5, 5.41) is 8.92. The van der Waals surface area contributed by atoms with Crippen LogP contribution in [-0.2, 0) is 38.5 Å². The van der Waals surface area contributed by atoms with Crippen molar-refractivity contribution in [2.24, 2.45) is 11.8 Å². The summed E-state index contributed by atoms with van der Waals surface area (Å²) in [7, 11) is 0. The van der Waals surface area contributed by atoms with Crippen molar-refractivity contribution in [2.45, 2.75) is 54.6 Å². The number of carbonyl (C=O) groups excluding carboxylic acids is 2. The monoisotopic (exact) mass is 594 g/mol. The van der Waals surface area contributed by atoms with Gasteiger partial charge in [-0.2, -0.15) is 0 Å². The van der Waals surface area contributed by atoms with Crippen molar-refractivity contribution in [1.29, 1.82) is 0 Å². The molecule has 3 rings (SSSR count). The minimum Gasteiger partial charge on any atom is -0.503 e. The van der Waals surface area contributed by atoms with Crippen molar-refractivity contribution in [3.8, 4) is 11.5 Å². The second-order valence-electron chi connectivity index (χ2n) is 9.25. The fourth-order valence-corrected chi connectivity index (χ4v) is 3.75. The molecule has 6 nitrogen and oxygen atoms in total. The van der Waals surface area contributed by atoms with E-state index >= 15 is 0 Å². The predicted octanol–water partition coefficient (Wildman–Crippen LogP) is 7.33. The average Bonchev–Trinajstić information content (AvgIpc) is 2.94. The van der Waals surface area contributed by atoms with Crippen LogP contribution in [0.15, 0.2) is 54.6 Å². The predicted molar refractivity (Wildman–Crippen MR) is 151 cm³/mol. The van der Waals surface area contributed by atoms with Gasteiger partial charge in [0.05, 0.1) is 25.0 Å². The summed E-state index contributed by atoms with van der Waals surface area (Å²) in [6.45, 7) is 7.24. The van der Waals surface area contributed by atoms with E-state index in [1.807, 2.05) is 30.3 Å². The Hall–Kier alpha value is -4.08. The number of hydrogen-bond acceptors (Lipinski definition) is 6. The molecule has 0 bridgehead atoms. The molecular weight excluding hydrogens is 556 g/mol. The van der Waals surface area contributed by atoms with Gasteiger partial charge in [-0.25, -0.2) is 17.6 Å². The molecule has 230 valence electrons. The Bertz CT molecular complexity index is 1280. The maximum atomic E-state index is 14.5. The molecule has 0 saturated carbocycles. The number of ether oxygens (including phenoxy) is 3. The van der Waals surface area contributed by atoms with Crippen LogP contribution in [0.2, 0.25) is 0 Å². The topological polar surface area (TPSA) is 82.1 Å². The number of esters is 2. The standard InChI is InChI=1S/C19H20F2O3.C12H14F2O3.CH4/c1-3-23-19(22)13(2)11-15-9-10-16(20)18(17(15)21)24-12-14-7-5-4-6-8-14;1-3-17-12(16)7(2)4-8-5-9(13)11(15)10(14)6-8;/h4-10,13H,3,11-12H2,1-2H3;5-7,15H,3-4H2,1-2H3;1H4. The lowest BCUT2D eigenvalue weighted by molar-refractivity contribution is -0.148. The molecule has 0 spiro atoms. The Labute approximate surface area is 244 Å². The fourth-order valence-electron chi connectivity index (χ4n) is 3.75. The number of benzene rings is 3. The number of hydrogen-bond donors (Lipinski definition) is 1. The number of halogens is 4. The Morgan fingerprint density at radius 3 is 1.81 bits per heavy atom. The Morgan fingerprint density at radius 2 is 1.29 bits per heavy atom. The van der Waals surface area contributed by atoms with E-state index in [9.17, 15) is 27.2 Å². The van der Waals surface area contributed by atoms with Gasteiger partial charge in [0, 0.05) is 0 Å². The molecule has 0 heterocycles. The van der Waals surface area contributed by atoms with E-state index in [2.05, 4.69) is 0 Å². The molecule has 3 aromatic carbocycles. The van der Waals surface area contributed by atoms with Gasteiger partial charge in [0.15, 0.2) is 34.8 Å². The number of aromatic hydroxyl groups is 1. The van der Waals surface area contributed by atoms with E-state index in [1.165, 1.54) is 6.07 Å². The van der Waals surface area contributed by atoms with Gasteiger partial charge in [-0.1, -0.05) is 57.7 Å². The molecule has 10 heteroatoms. The summed E-state index contributed by atoms with van der Waals surface area (Å²) in [5.74, 6) is -6.87. The molecule has 42 heavy (non-hydrogen) atoms. The number of phenols is 1. The summed E-state index contributed by atoms with van der Waals surface area (Å²) in [6, 6.07) is 13.6. The van der Waals surface area contributed by atoms with Gasteiger partial charge in [-0.05, 0) is 61.6 Å². The fraction of sp³-hybridized carbons (Fsp3) is 0.375. The second kappa shape index (κ2) is 17.7. The number of rotatable bonds is 11. The summed E-state index contributed by atoms with van der Waals surface area (Å²) >= 11 is 0. The van der Waals surface area contributed by atoms with Crippen molar-refractivity contribution < 1.29 is 46.5 Å². The summed E-state index contributed by atoms with van der Waals surface area (Å²) in [6.07, 6.45) is 0.277. The van der Waals surface area contributed by atoms with Gasteiger partial charge >= 0.3 is 11.9 Å². The number of carbonyl (C=O) groups is 2. The molecule has 0 saturated heterocycles. The van der Waals surface area contributed by atoms with Gasteiger partial charge in [-0.3, -0.25) is 9.59 Å². The molecule has 0 aliphatic carbocycles. The van der Waals surface area contributed by atoms with Gasteiger partial charge in [0.1, 0.15) is 6.61 Å². The smallest absolute Gasteiger partial charge is 0.308 e. The highest BCUT2D eigenvalue weighted by Crippen LogP contribution is 2.27. The molecule has 2 unspecified atom stereocenters. The van der Waals surface area contributed by atoms with Crippen LogP contribution in [0, 0.1) is 35.1 Å². The van der Waals surface area contributed by atoms with Gasteiger partial charge in [0.2, 0.25) is 0 Å². The van der Waals surface area contributed by atoms with Crippen LogP contribution in [0.3, 0.4) is 0 Å². The first-order valence-corrected chi connectivity index (χ1v) is 13.1. The van der Waals surface area contributed by atoms with Crippen LogP contribution in [0.1, 0.15) is 51.8 Å². The van der Waals surface area contributed by atoms with Gasteiger partial charge in [0.25, 0.3) is 0 Å². The highest BCUT2D eigenvalue weighted by atomic mass is 19.1. The van der Waals surface area contributed by atoms with E-state index in [-0.39, 0.29) is 45.7 Å². The minimum atomic E-state index is -1.03. The molecule has 0 aliphatic rings. The lowest BCUT2D eigenvalue weighted by atomic mass is 10.0. The van der Waals surface area contributed by atoms with Gasteiger partial charge in [-0.15, -0.1) is 0 Å². The largest absolute Gasteiger partial charge is 0.503 e. The Kier molecular flexibility index (Phi) is 15.1. The third-order valence-corrected chi connectivity index (χ3v) is 5.88. The highest BCUT2D eigenvalue weighted by Gasteiger charge is 2.21. The SMILES string of the molecule is C.CCOC(=O)C(C)Cc1cc(F)c(O)c(F)c1.CCOC(=O)C(C)Cc1ccc(F)c(OCc2ccccc2)c1F. The van der Waals surface area contributed by atoms with Crippen LogP contribution in [0.4, 0.5) is 17.6 Å². The van der Waals surface area contributed by atoms with Crippen molar-refractivity contribution in [3.63, 3.8) is 0 Å². The third kappa shape index (κ3) is 10.7. The van der Waals surface area contributed by atoms with E-state index in [0.29, 0.717) is 5.56 Å². The van der Waals surface area contributed by atoms with E-state index in [1.54, 1.807) is 27.7 Å². The highest BCUT2D eigenvalue weighted by molar-refractivity contribution is 5.72. The first kappa shape index (κ1) is 35.9. The normalized spacial score (nSPS) is 11.7. The molecule has 0 aliphatic heterocycles. The lowest BCUT2D eigenvalue weighted by Crippen LogP contribution is -2.17. The number of phenolic OH excluding ortho intramolecular Hbond substituents is 1. The van der Waals surface area contributed by atoms with E-state index in [0.717, 1.165) is 23.8 Å². The molecule has 0 amide bonds. The molecular formula is C32H38F4O6. The average molecular weight is 595 g/mol. The maximum Gasteiger partial charge on any atom is 0.308 e. The van der Waals surface area contributed by atoms with Crippen LogP contribution in [-0.4, -0.2) is 30.3 Å². The molecule has 0 radical (unpaired) electrons. The zero-order chi connectivity index (χ0) is 30.5. The molecule has 0 aromatic heterocycles. The summed E-state index contributed by atoms with van der Waals surface area (Å²) < 4.78 is 69.5. The third-order valence-electron chi connectivity index (χ3n) is 5.88. The molecule has 1 N–H and O–H groups in total.